The topological polar surface area (TPSA) is 98.4 Å². The van der Waals surface area contributed by atoms with E-state index in [0.29, 0.717) is 17.0 Å². The maximum Gasteiger partial charge on any atom is 0.361 e. The minimum Gasteiger partial charge on any atom is -0.497 e. The van der Waals surface area contributed by atoms with E-state index in [1.165, 1.54) is 7.11 Å². The number of nitrogens with one attached hydrogen (secondary N) is 1. The molecule has 7 heteroatoms. The molecule has 0 aliphatic heterocycles. The zero-order chi connectivity index (χ0) is 14.7. The summed E-state index contributed by atoms with van der Waals surface area (Å²) in [6, 6.07) is 6.82. The number of benzene rings is 1. The number of rotatable bonds is 5. The van der Waals surface area contributed by atoms with E-state index in [1.54, 1.807) is 31.2 Å². The van der Waals surface area contributed by atoms with Gasteiger partial charge in [0, 0.05) is 4.92 Å². The molecule has 2 aromatic rings. The fourth-order valence-electron chi connectivity index (χ4n) is 2.14. The van der Waals surface area contributed by atoms with Crippen molar-refractivity contribution in [2.24, 2.45) is 0 Å². The van der Waals surface area contributed by atoms with Gasteiger partial charge in [-0.05, 0) is 24.6 Å². The second kappa shape index (κ2) is 5.60. The molecule has 1 N–H and O–H groups in total. The highest BCUT2D eigenvalue weighted by molar-refractivity contribution is 5.36. The Morgan fingerprint density at radius 2 is 2.05 bits per heavy atom. The van der Waals surface area contributed by atoms with Gasteiger partial charge in [-0.25, -0.2) is 9.95 Å². The van der Waals surface area contributed by atoms with Gasteiger partial charge in [-0.15, -0.1) is 0 Å². The maximum atomic E-state index is 11.7. The Labute approximate surface area is 114 Å². The lowest BCUT2D eigenvalue weighted by atomic mass is 9.91. The Kier molecular flexibility index (Phi) is 3.88. The predicted octanol–water partition coefficient (Wildman–Crippen LogP) is 1.69. The number of hydrogen-bond acceptors (Lipinski definition) is 5. The van der Waals surface area contributed by atoms with Crippen LogP contribution in [0.2, 0.25) is 0 Å². The van der Waals surface area contributed by atoms with Crippen LogP contribution >= 0.6 is 0 Å². The van der Waals surface area contributed by atoms with Crippen molar-refractivity contribution in [3.8, 4) is 5.75 Å². The van der Waals surface area contributed by atoms with Gasteiger partial charge in [-0.1, -0.05) is 12.1 Å². The third kappa shape index (κ3) is 2.71. The lowest BCUT2D eigenvalue weighted by Gasteiger charge is -2.12. The Bertz CT molecular complexity index is 656. The quantitative estimate of drug-likeness (QED) is 0.663. The number of nitro groups is 1. The second-order valence-electron chi connectivity index (χ2n) is 4.37. The number of aryl methyl sites for hydroxylation is 1. The predicted molar refractivity (Wildman–Crippen MR) is 70.8 cm³/mol. The Morgan fingerprint density at radius 3 is 2.50 bits per heavy atom. The van der Waals surface area contributed by atoms with Crippen molar-refractivity contribution in [1.29, 1.82) is 0 Å². The number of nitrogens with zero attached hydrogens (tertiary/aromatic N) is 1. The second-order valence-corrected chi connectivity index (χ2v) is 4.37. The van der Waals surface area contributed by atoms with E-state index < -0.39 is 16.5 Å². The van der Waals surface area contributed by atoms with Crippen LogP contribution in [0.4, 0.5) is 0 Å². The van der Waals surface area contributed by atoms with Crippen LogP contribution in [-0.4, -0.2) is 23.7 Å². The molecule has 0 radical (unpaired) electrons. The van der Waals surface area contributed by atoms with Crippen molar-refractivity contribution in [1.82, 2.24) is 5.16 Å². The first-order valence-electron chi connectivity index (χ1n) is 5.96. The van der Waals surface area contributed by atoms with Crippen LogP contribution in [-0.2, 0) is 0 Å². The van der Waals surface area contributed by atoms with E-state index in [-0.39, 0.29) is 12.1 Å². The minimum absolute atomic E-state index is 0.284. The molecule has 0 bridgehead atoms. The van der Waals surface area contributed by atoms with Crippen molar-refractivity contribution < 1.29 is 14.2 Å². The molecule has 0 spiro atoms. The van der Waals surface area contributed by atoms with Crippen molar-refractivity contribution >= 4 is 0 Å². The molecule has 1 unspecified atom stereocenters. The molecule has 2 rings (SSSR count). The molecule has 20 heavy (non-hydrogen) atoms. The molecule has 1 heterocycles. The number of aromatic amines is 1. The van der Waals surface area contributed by atoms with Crippen molar-refractivity contribution in [3.63, 3.8) is 0 Å². The first-order chi connectivity index (χ1) is 9.52. The summed E-state index contributed by atoms with van der Waals surface area (Å²) in [6.45, 7) is 1.27. The molecule has 0 aliphatic carbocycles. The molecular formula is C13H14N2O5. The SMILES string of the molecule is COc1ccc(C(C[N+](=O)[O-])c2c(C)[nH]oc2=O)cc1. The number of methoxy groups -OCH3 is 1. The zero-order valence-electron chi connectivity index (χ0n) is 11.1. The molecular weight excluding hydrogens is 264 g/mol. The summed E-state index contributed by atoms with van der Waals surface area (Å²) >= 11 is 0. The van der Waals surface area contributed by atoms with Gasteiger partial charge in [0.25, 0.3) is 0 Å². The van der Waals surface area contributed by atoms with Crippen molar-refractivity contribution in [2.45, 2.75) is 12.8 Å². The molecule has 0 fully saturated rings. The summed E-state index contributed by atoms with van der Waals surface area (Å²) in [4.78, 5) is 22.1. The number of ether oxygens (including phenoxy) is 1. The van der Waals surface area contributed by atoms with Gasteiger partial charge in [0.05, 0.1) is 24.3 Å². The van der Waals surface area contributed by atoms with Gasteiger partial charge < -0.3 is 9.26 Å². The summed E-state index contributed by atoms with van der Waals surface area (Å²) in [7, 11) is 1.54. The van der Waals surface area contributed by atoms with Gasteiger partial charge in [0.15, 0.2) is 0 Å². The highest BCUT2D eigenvalue weighted by atomic mass is 16.6. The largest absolute Gasteiger partial charge is 0.497 e. The number of H-pyrrole nitrogens is 1. The van der Waals surface area contributed by atoms with Crippen LogP contribution in [0.15, 0.2) is 33.6 Å². The van der Waals surface area contributed by atoms with Crippen LogP contribution in [0.25, 0.3) is 0 Å². The summed E-state index contributed by atoms with van der Waals surface area (Å²) in [5.74, 6) is -0.00941. The van der Waals surface area contributed by atoms with E-state index in [2.05, 4.69) is 5.16 Å². The molecule has 1 aromatic carbocycles. The van der Waals surface area contributed by atoms with Gasteiger partial charge in [0.2, 0.25) is 6.54 Å². The van der Waals surface area contributed by atoms with Gasteiger partial charge in [-0.3, -0.25) is 10.1 Å². The fraction of sp³-hybridized carbons (Fsp3) is 0.308. The van der Waals surface area contributed by atoms with E-state index in [0.717, 1.165) is 0 Å². The summed E-state index contributed by atoms with van der Waals surface area (Å²) in [6.07, 6.45) is 0. The standard InChI is InChI=1S/C13H14N2O5/c1-8-12(13(16)20-14-8)11(7-15(17)18)9-3-5-10(19-2)6-4-9/h3-6,11,14H,7H2,1-2H3. The molecule has 1 aromatic heterocycles. The minimum atomic E-state index is -0.654. The summed E-state index contributed by atoms with van der Waals surface area (Å²) in [5.41, 5.74) is 0.868. The van der Waals surface area contributed by atoms with Crippen LogP contribution in [0.5, 0.6) is 5.75 Å². The van der Waals surface area contributed by atoms with Gasteiger partial charge in [-0.2, -0.15) is 0 Å². The van der Waals surface area contributed by atoms with Crippen LogP contribution in [0, 0.1) is 17.0 Å². The smallest absolute Gasteiger partial charge is 0.361 e. The summed E-state index contributed by atoms with van der Waals surface area (Å²) < 4.78 is 9.74. The number of aromatic nitrogens is 1. The molecule has 0 saturated heterocycles. The average Bonchev–Trinajstić information content (AvgIpc) is 2.76. The highest BCUT2D eigenvalue weighted by Crippen LogP contribution is 2.26. The number of hydrogen-bond donors (Lipinski definition) is 1. The molecule has 0 amide bonds. The van der Waals surface area contributed by atoms with Crippen LogP contribution in [0.3, 0.4) is 0 Å². The molecule has 1 atom stereocenters. The summed E-state index contributed by atoms with van der Waals surface area (Å²) in [5, 5.41) is 13.3. The Morgan fingerprint density at radius 1 is 1.40 bits per heavy atom. The third-order valence-corrected chi connectivity index (χ3v) is 3.12. The van der Waals surface area contributed by atoms with E-state index in [9.17, 15) is 14.9 Å². The molecule has 106 valence electrons. The fourth-order valence-corrected chi connectivity index (χ4v) is 2.14. The normalized spacial score (nSPS) is 12.1. The monoisotopic (exact) mass is 278 g/mol. The van der Waals surface area contributed by atoms with E-state index >= 15 is 0 Å². The van der Waals surface area contributed by atoms with Crippen molar-refractivity contribution in [2.75, 3.05) is 13.7 Å². The van der Waals surface area contributed by atoms with Crippen LogP contribution in [0.1, 0.15) is 22.7 Å². The highest BCUT2D eigenvalue weighted by Gasteiger charge is 2.27. The Balaban J connectivity index is 2.46. The Hall–Kier alpha value is -2.57. The van der Waals surface area contributed by atoms with Gasteiger partial charge >= 0.3 is 5.63 Å². The molecule has 0 saturated carbocycles. The molecule has 7 nitrogen and oxygen atoms in total. The lowest BCUT2D eigenvalue weighted by Crippen LogP contribution is -2.19. The van der Waals surface area contributed by atoms with Crippen LogP contribution < -0.4 is 10.4 Å². The first kappa shape index (κ1) is 13.9. The average molecular weight is 278 g/mol. The lowest BCUT2D eigenvalue weighted by molar-refractivity contribution is -0.481. The van der Waals surface area contributed by atoms with Crippen molar-refractivity contribution in [3.05, 3.63) is 61.6 Å². The van der Waals surface area contributed by atoms with E-state index in [1.807, 2.05) is 0 Å². The van der Waals surface area contributed by atoms with Gasteiger partial charge in [0.1, 0.15) is 5.75 Å². The molecule has 0 aliphatic rings. The maximum absolute atomic E-state index is 11.7. The first-order valence-corrected chi connectivity index (χ1v) is 5.96. The van der Waals surface area contributed by atoms with E-state index in [4.69, 9.17) is 9.26 Å². The third-order valence-electron chi connectivity index (χ3n) is 3.12. The zero-order valence-corrected chi connectivity index (χ0v) is 11.1.